The summed E-state index contributed by atoms with van der Waals surface area (Å²) in [6.45, 7) is 5.65. The Bertz CT molecular complexity index is 1100. The fourth-order valence-electron chi connectivity index (χ4n) is 4.55. The van der Waals surface area contributed by atoms with Crippen LogP contribution < -0.4 is 5.32 Å². The lowest BCUT2D eigenvalue weighted by Crippen LogP contribution is -2.54. The molecule has 1 atom stereocenters. The van der Waals surface area contributed by atoms with Gasteiger partial charge in [-0.2, -0.15) is 0 Å². The molecule has 0 radical (unpaired) electrons. The summed E-state index contributed by atoms with van der Waals surface area (Å²) >= 11 is 1.51. The van der Waals surface area contributed by atoms with Gasteiger partial charge in [0.05, 0.1) is 10.3 Å². The predicted molar refractivity (Wildman–Crippen MR) is 129 cm³/mol. The van der Waals surface area contributed by atoms with Gasteiger partial charge in [-0.1, -0.05) is 30.3 Å². The van der Waals surface area contributed by atoms with Crippen LogP contribution in [-0.2, 0) is 11.2 Å². The summed E-state index contributed by atoms with van der Waals surface area (Å²) in [5.41, 5.74) is 2.59. The molecule has 0 bridgehead atoms. The molecular formula is C26H29N3O2S. The predicted octanol–water partition coefficient (Wildman–Crippen LogP) is 4.72. The summed E-state index contributed by atoms with van der Waals surface area (Å²) in [5.74, 6) is 0.0622. The van der Waals surface area contributed by atoms with Gasteiger partial charge in [-0.3, -0.25) is 14.6 Å². The SMILES string of the molecule is CCNC(=O)C1(Cc2cccc(-c3cccnc3)c2)CCCN(C(=O)c2ccc(C)s2)C1. The van der Waals surface area contributed by atoms with E-state index in [-0.39, 0.29) is 11.8 Å². The fourth-order valence-corrected chi connectivity index (χ4v) is 5.39. The minimum absolute atomic E-state index is 0.0283. The van der Waals surface area contributed by atoms with Crippen LogP contribution in [0.3, 0.4) is 0 Å². The highest BCUT2D eigenvalue weighted by atomic mass is 32.1. The molecule has 3 aromatic rings. The average Bonchev–Trinajstić information content (AvgIpc) is 3.26. The van der Waals surface area contributed by atoms with Crippen molar-refractivity contribution in [1.82, 2.24) is 15.2 Å². The Morgan fingerprint density at radius 3 is 2.72 bits per heavy atom. The zero-order valence-corrected chi connectivity index (χ0v) is 19.5. The summed E-state index contributed by atoms with van der Waals surface area (Å²) in [6.07, 6.45) is 5.79. The van der Waals surface area contributed by atoms with Gasteiger partial charge in [-0.05, 0) is 68.0 Å². The van der Waals surface area contributed by atoms with E-state index in [9.17, 15) is 9.59 Å². The highest BCUT2D eigenvalue weighted by Gasteiger charge is 2.43. The van der Waals surface area contributed by atoms with Crippen LogP contribution in [0.15, 0.2) is 60.9 Å². The van der Waals surface area contributed by atoms with E-state index in [1.807, 2.05) is 55.3 Å². The maximum atomic E-state index is 13.3. The van der Waals surface area contributed by atoms with Crippen molar-refractivity contribution in [3.8, 4) is 11.1 Å². The number of nitrogens with zero attached hydrogens (tertiary/aromatic N) is 2. The van der Waals surface area contributed by atoms with E-state index in [2.05, 4.69) is 28.5 Å². The Hall–Kier alpha value is -2.99. The first-order valence-corrected chi connectivity index (χ1v) is 12.0. The van der Waals surface area contributed by atoms with Gasteiger partial charge in [0, 0.05) is 36.9 Å². The molecule has 6 heteroatoms. The molecule has 1 aliphatic heterocycles. The number of hydrogen-bond donors (Lipinski definition) is 1. The molecule has 2 amide bonds. The number of pyridine rings is 1. The van der Waals surface area contributed by atoms with E-state index in [4.69, 9.17) is 0 Å². The molecule has 4 rings (SSSR count). The van der Waals surface area contributed by atoms with Gasteiger partial charge in [0.15, 0.2) is 0 Å². The van der Waals surface area contributed by atoms with Gasteiger partial charge in [0.25, 0.3) is 5.91 Å². The molecule has 1 aromatic carbocycles. The summed E-state index contributed by atoms with van der Waals surface area (Å²) in [6, 6.07) is 16.1. The van der Waals surface area contributed by atoms with Crippen LogP contribution in [0.1, 0.15) is 39.9 Å². The second-order valence-electron chi connectivity index (χ2n) is 8.50. The molecule has 1 N–H and O–H groups in total. The maximum absolute atomic E-state index is 13.3. The zero-order valence-electron chi connectivity index (χ0n) is 18.6. The first-order valence-electron chi connectivity index (χ1n) is 11.1. The molecule has 0 aliphatic carbocycles. The number of nitrogens with one attached hydrogen (secondary N) is 1. The average molecular weight is 448 g/mol. The topological polar surface area (TPSA) is 62.3 Å². The molecule has 0 spiro atoms. The molecule has 5 nitrogen and oxygen atoms in total. The van der Waals surface area contributed by atoms with E-state index >= 15 is 0 Å². The van der Waals surface area contributed by atoms with Crippen molar-refractivity contribution in [2.75, 3.05) is 19.6 Å². The third kappa shape index (κ3) is 4.75. The standard InChI is InChI=1S/C26H29N3O2S/c1-3-28-25(31)26(12-6-14-29(18-26)24(30)23-11-10-19(2)32-23)16-20-7-4-8-21(15-20)22-9-5-13-27-17-22/h4-5,7-11,13,15,17H,3,6,12,14,16,18H2,1-2H3,(H,28,31). The van der Waals surface area contributed by atoms with E-state index < -0.39 is 5.41 Å². The number of thiophene rings is 1. The molecule has 3 heterocycles. The third-order valence-electron chi connectivity index (χ3n) is 6.10. The van der Waals surface area contributed by atoms with Crippen LogP contribution in [0.5, 0.6) is 0 Å². The molecule has 32 heavy (non-hydrogen) atoms. The molecule has 1 aliphatic rings. The number of aryl methyl sites for hydroxylation is 1. The highest BCUT2D eigenvalue weighted by Crippen LogP contribution is 2.36. The number of carbonyl (C=O) groups is 2. The quantitative estimate of drug-likeness (QED) is 0.595. The molecule has 0 saturated carbocycles. The first kappa shape index (κ1) is 22.2. The Balaban J connectivity index is 1.62. The molecule has 1 unspecified atom stereocenters. The van der Waals surface area contributed by atoms with Gasteiger partial charge in [-0.25, -0.2) is 0 Å². The number of hydrogen-bond acceptors (Lipinski definition) is 4. The molecule has 166 valence electrons. The number of rotatable bonds is 6. The van der Waals surface area contributed by atoms with Crippen molar-refractivity contribution in [2.45, 2.75) is 33.1 Å². The minimum atomic E-state index is -0.635. The van der Waals surface area contributed by atoms with Crippen LogP contribution in [0.2, 0.25) is 0 Å². The minimum Gasteiger partial charge on any atom is -0.356 e. The molecule has 1 saturated heterocycles. The van der Waals surface area contributed by atoms with Gasteiger partial charge < -0.3 is 10.2 Å². The normalized spacial score (nSPS) is 18.4. The van der Waals surface area contributed by atoms with E-state index in [1.54, 1.807) is 6.20 Å². The summed E-state index contributed by atoms with van der Waals surface area (Å²) < 4.78 is 0. The van der Waals surface area contributed by atoms with Crippen molar-refractivity contribution in [1.29, 1.82) is 0 Å². The largest absolute Gasteiger partial charge is 0.356 e. The second kappa shape index (κ2) is 9.65. The molecular weight excluding hydrogens is 418 g/mol. The monoisotopic (exact) mass is 447 g/mol. The summed E-state index contributed by atoms with van der Waals surface area (Å²) in [5, 5.41) is 3.04. The lowest BCUT2D eigenvalue weighted by Gasteiger charge is -2.41. The number of likely N-dealkylation sites (tertiary alicyclic amines) is 1. The van der Waals surface area contributed by atoms with Crippen molar-refractivity contribution < 1.29 is 9.59 Å². The molecule has 2 aromatic heterocycles. The van der Waals surface area contributed by atoms with Crippen molar-refractivity contribution in [3.05, 3.63) is 76.2 Å². The Labute approximate surface area is 193 Å². The van der Waals surface area contributed by atoms with Crippen LogP contribution in [-0.4, -0.2) is 41.3 Å². The second-order valence-corrected chi connectivity index (χ2v) is 9.79. The summed E-state index contributed by atoms with van der Waals surface area (Å²) in [4.78, 5) is 34.5. The van der Waals surface area contributed by atoms with Crippen LogP contribution in [0.4, 0.5) is 0 Å². The maximum Gasteiger partial charge on any atom is 0.263 e. The van der Waals surface area contributed by atoms with Gasteiger partial charge in [0.1, 0.15) is 0 Å². The lowest BCUT2D eigenvalue weighted by atomic mass is 9.74. The Morgan fingerprint density at radius 1 is 1.16 bits per heavy atom. The van der Waals surface area contributed by atoms with Gasteiger partial charge in [0.2, 0.25) is 5.91 Å². The number of carbonyl (C=O) groups excluding carboxylic acids is 2. The smallest absolute Gasteiger partial charge is 0.263 e. The fraction of sp³-hybridized carbons (Fsp3) is 0.346. The third-order valence-corrected chi connectivity index (χ3v) is 7.09. The number of amides is 2. The van der Waals surface area contributed by atoms with Crippen LogP contribution in [0, 0.1) is 12.3 Å². The highest BCUT2D eigenvalue weighted by molar-refractivity contribution is 7.13. The van der Waals surface area contributed by atoms with E-state index in [0.717, 1.165) is 39.3 Å². The van der Waals surface area contributed by atoms with Crippen molar-refractivity contribution >= 4 is 23.2 Å². The number of benzene rings is 1. The Kier molecular flexibility index (Phi) is 6.70. The molecule has 1 fully saturated rings. The van der Waals surface area contributed by atoms with Gasteiger partial charge in [-0.15, -0.1) is 11.3 Å². The van der Waals surface area contributed by atoms with E-state index in [1.165, 1.54) is 11.3 Å². The lowest BCUT2D eigenvalue weighted by molar-refractivity contribution is -0.133. The summed E-state index contributed by atoms with van der Waals surface area (Å²) in [7, 11) is 0. The van der Waals surface area contributed by atoms with E-state index in [0.29, 0.717) is 26.1 Å². The van der Waals surface area contributed by atoms with Crippen molar-refractivity contribution in [2.24, 2.45) is 5.41 Å². The number of piperidine rings is 1. The van der Waals surface area contributed by atoms with Crippen LogP contribution >= 0.6 is 11.3 Å². The first-order chi connectivity index (χ1) is 15.5. The zero-order chi connectivity index (χ0) is 22.6. The van der Waals surface area contributed by atoms with Crippen molar-refractivity contribution in [3.63, 3.8) is 0 Å². The number of aromatic nitrogens is 1. The van der Waals surface area contributed by atoms with Crippen LogP contribution in [0.25, 0.3) is 11.1 Å². The Morgan fingerprint density at radius 2 is 2.00 bits per heavy atom. The van der Waals surface area contributed by atoms with Gasteiger partial charge >= 0.3 is 0 Å².